The number of furan rings is 1. The molecule has 0 bridgehead atoms. The summed E-state index contributed by atoms with van der Waals surface area (Å²) in [6.07, 6.45) is 5.22. The molecular formula is C14H19BrN2O3S. The Morgan fingerprint density at radius 2 is 2.24 bits per heavy atom. The first-order valence-corrected chi connectivity index (χ1v) is 9.37. The summed E-state index contributed by atoms with van der Waals surface area (Å²) in [4.78, 5) is 0.227. The van der Waals surface area contributed by atoms with Gasteiger partial charge in [0.25, 0.3) is 0 Å². The molecule has 7 heteroatoms. The summed E-state index contributed by atoms with van der Waals surface area (Å²) in [7, 11) is -3.50. The van der Waals surface area contributed by atoms with Crippen molar-refractivity contribution in [1.82, 2.24) is 9.62 Å². The maximum Gasteiger partial charge on any atom is 0.247 e. The lowest BCUT2D eigenvalue weighted by Crippen LogP contribution is -2.35. The molecule has 116 valence electrons. The minimum absolute atomic E-state index is 0.227. The fraction of sp³-hybridized carbons (Fsp3) is 0.571. The van der Waals surface area contributed by atoms with Crippen LogP contribution < -0.4 is 5.32 Å². The Hall–Kier alpha value is -0.630. The molecule has 0 atom stereocenters. The molecule has 1 N–H and O–H groups in total. The van der Waals surface area contributed by atoms with E-state index in [2.05, 4.69) is 27.3 Å². The van der Waals surface area contributed by atoms with Crippen LogP contribution in [0.4, 0.5) is 0 Å². The molecule has 0 spiro atoms. The van der Waals surface area contributed by atoms with E-state index in [0.717, 1.165) is 12.0 Å². The highest BCUT2D eigenvalue weighted by atomic mass is 79.9. The maximum absolute atomic E-state index is 12.7. The fourth-order valence-corrected chi connectivity index (χ4v) is 4.87. The van der Waals surface area contributed by atoms with Crippen molar-refractivity contribution in [2.75, 3.05) is 13.1 Å². The van der Waals surface area contributed by atoms with Gasteiger partial charge in [-0.3, -0.25) is 0 Å². The van der Waals surface area contributed by atoms with Gasteiger partial charge in [0.15, 0.2) is 4.67 Å². The average molecular weight is 375 g/mol. The molecule has 2 aliphatic rings. The van der Waals surface area contributed by atoms with Gasteiger partial charge in [0, 0.05) is 25.2 Å². The average Bonchev–Trinajstić information content (AvgIpc) is 3.19. The van der Waals surface area contributed by atoms with Crippen molar-refractivity contribution >= 4 is 26.0 Å². The quantitative estimate of drug-likeness (QED) is 0.804. The van der Waals surface area contributed by atoms with Gasteiger partial charge in [-0.1, -0.05) is 11.6 Å². The lowest BCUT2D eigenvalue weighted by molar-refractivity contribution is 0.423. The van der Waals surface area contributed by atoms with Gasteiger partial charge in [0.2, 0.25) is 10.0 Å². The second-order valence-corrected chi connectivity index (χ2v) is 8.31. The molecule has 1 aromatic heterocycles. The Bertz CT molecular complexity index is 662. The predicted octanol–water partition coefficient (Wildman–Crippen LogP) is 2.63. The van der Waals surface area contributed by atoms with E-state index in [0.29, 0.717) is 36.1 Å². The van der Waals surface area contributed by atoms with Crippen molar-refractivity contribution in [3.8, 4) is 0 Å². The number of hydrogen-bond donors (Lipinski definition) is 1. The van der Waals surface area contributed by atoms with Gasteiger partial charge >= 0.3 is 0 Å². The van der Waals surface area contributed by atoms with Crippen LogP contribution in [0, 0.1) is 0 Å². The second-order valence-electron chi connectivity index (χ2n) is 5.68. The zero-order chi connectivity index (χ0) is 15.0. The number of nitrogens with one attached hydrogen (secondary N) is 1. The van der Waals surface area contributed by atoms with Gasteiger partial charge in [-0.15, -0.1) is 0 Å². The van der Waals surface area contributed by atoms with Crippen LogP contribution in [0.3, 0.4) is 0 Å². The van der Waals surface area contributed by atoms with Crippen LogP contribution in [-0.4, -0.2) is 31.9 Å². The van der Waals surface area contributed by atoms with Crippen LogP contribution in [0.25, 0.3) is 0 Å². The van der Waals surface area contributed by atoms with E-state index in [4.69, 9.17) is 4.42 Å². The van der Waals surface area contributed by atoms with E-state index < -0.39 is 10.0 Å². The maximum atomic E-state index is 12.7. The first-order valence-electron chi connectivity index (χ1n) is 7.14. The van der Waals surface area contributed by atoms with Crippen LogP contribution in [0.5, 0.6) is 0 Å². The van der Waals surface area contributed by atoms with Crippen LogP contribution in [0.2, 0.25) is 0 Å². The summed E-state index contributed by atoms with van der Waals surface area (Å²) in [5.74, 6) is 0.650. The molecule has 1 saturated carbocycles. The predicted molar refractivity (Wildman–Crippen MR) is 83.4 cm³/mol. The lowest BCUT2D eigenvalue weighted by Gasteiger charge is -2.24. The van der Waals surface area contributed by atoms with E-state index in [1.54, 1.807) is 6.07 Å². The van der Waals surface area contributed by atoms with Gasteiger partial charge in [-0.05, 0) is 42.1 Å². The Kier molecular flexibility index (Phi) is 4.27. The van der Waals surface area contributed by atoms with Crippen molar-refractivity contribution in [3.05, 3.63) is 28.1 Å². The Morgan fingerprint density at radius 1 is 1.48 bits per heavy atom. The number of rotatable bonds is 5. The molecule has 0 unspecified atom stereocenters. The van der Waals surface area contributed by atoms with E-state index in [-0.39, 0.29) is 4.90 Å². The molecule has 1 aliphatic carbocycles. The van der Waals surface area contributed by atoms with Gasteiger partial charge in [0.1, 0.15) is 10.7 Å². The third kappa shape index (κ3) is 3.41. The number of halogens is 1. The highest BCUT2D eigenvalue weighted by molar-refractivity contribution is 9.10. The minimum atomic E-state index is -3.50. The largest absolute Gasteiger partial charge is 0.452 e. The van der Waals surface area contributed by atoms with Crippen LogP contribution >= 0.6 is 15.9 Å². The molecule has 0 saturated heterocycles. The summed E-state index contributed by atoms with van der Waals surface area (Å²) in [5, 5.41) is 3.32. The van der Waals surface area contributed by atoms with Gasteiger partial charge in [-0.25, -0.2) is 8.42 Å². The summed E-state index contributed by atoms with van der Waals surface area (Å²) in [6, 6.07) is 2.19. The zero-order valence-corrected chi connectivity index (χ0v) is 14.3. The standard InChI is InChI=1S/C14H19BrN2O3S/c1-10-3-2-6-17(9-10)21(18,19)13-7-12(20-14(13)15)8-16-11-4-5-11/h3,7,11,16H,2,4-6,8-9H2,1H3. The molecule has 2 heterocycles. The van der Waals surface area contributed by atoms with Crippen molar-refractivity contribution in [2.24, 2.45) is 0 Å². The second kappa shape index (κ2) is 5.87. The SMILES string of the molecule is CC1=CCCN(S(=O)(=O)c2cc(CNC3CC3)oc2Br)C1. The van der Waals surface area contributed by atoms with E-state index in [1.165, 1.54) is 17.1 Å². The molecular weight excluding hydrogens is 356 g/mol. The number of nitrogens with zero attached hydrogens (tertiary/aromatic N) is 1. The van der Waals surface area contributed by atoms with E-state index in [9.17, 15) is 8.42 Å². The van der Waals surface area contributed by atoms with Crippen LogP contribution in [0.15, 0.2) is 31.7 Å². The molecule has 5 nitrogen and oxygen atoms in total. The highest BCUT2D eigenvalue weighted by Gasteiger charge is 2.30. The summed E-state index contributed by atoms with van der Waals surface area (Å²) in [6.45, 7) is 3.50. The van der Waals surface area contributed by atoms with Crippen molar-refractivity contribution < 1.29 is 12.8 Å². The van der Waals surface area contributed by atoms with Crippen LogP contribution in [0.1, 0.15) is 31.9 Å². The molecule has 1 aromatic rings. The molecule has 3 rings (SSSR count). The summed E-state index contributed by atoms with van der Waals surface area (Å²) >= 11 is 3.24. The highest BCUT2D eigenvalue weighted by Crippen LogP contribution is 2.30. The fourth-order valence-electron chi connectivity index (χ4n) is 2.41. The molecule has 0 aromatic carbocycles. The van der Waals surface area contributed by atoms with E-state index in [1.807, 2.05) is 6.92 Å². The minimum Gasteiger partial charge on any atom is -0.452 e. The third-order valence-electron chi connectivity index (χ3n) is 3.76. The smallest absolute Gasteiger partial charge is 0.247 e. The molecule has 0 radical (unpaired) electrons. The summed E-state index contributed by atoms with van der Waals surface area (Å²) < 4.78 is 32.7. The van der Waals surface area contributed by atoms with Crippen molar-refractivity contribution in [2.45, 2.75) is 43.7 Å². The summed E-state index contributed by atoms with van der Waals surface area (Å²) in [5.41, 5.74) is 1.08. The molecule has 1 aliphatic heterocycles. The first kappa shape index (κ1) is 15.3. The first-order chi connectivity index (χ1) is 9.96. The van der Waals surface area contributed by atoms with Gasteiger partial charge in [-0.2, -0.15) is 4.31 Å². The zero-order valence-electron chi connectivity index (χ0n) is 11.9. The Morgan fingerprint density at radius 3 is 2.90 bits per heavy atom. The topological polar surface area (TPSA) is 62.6 Å². The molecule has 1 fully saturated rings. The van der Waals surface area contributed by atoms with Crippen molar-refractivity contribution in [1.29, 1.82) is 0 Å². The normalized spacial score (nSPS) is 20.6. The molecule has 21 heavy (non-hydrogen) atoms. The van der Waals surface area contributed by atoms with Crippen molar-refractivity contribution in [3.63, 3.8) is 0 Å². The lowest BCUT2D eigenvalue weighted by atomic mass is 10.2. The monoisotopic (exact) mass is 374 g/mol. The third-order valence-corrected chi connectivity index (χ3v) is 6.47. The number of sulfonamides is 1. The Balaban J connectivity index is 1.79. The van der Waals surface area contributed by atoms with Crippen LogP contribution in [-0.2, 0) is 16.6 Å². The number of hydrogen-bond acceptors (Lipinski definition) is 4. The Labute approximate surface area is 133 Å². The van der Waals surface area contributed by atoms with Gasteiger partial charge in [0.05, 0.1) is 6.54 Å². The van der Waals surface area contributed by atoms with E-state index >= 15 is 0 Å². The van der Waals surface area contributed by atoms with Gasteiger partial charge < -0.3 is 9.73 Å². The molecule has 0 amide bonds.